The van der Waals surface area contributed by atoms with Crippen LogP contribution in [0.2, 0.25) is 0 Å². The molecule has 0 atom stereocenters. The molecule has 2 heterocycles. The fraction of sp³-hybridized carbons (Fsp3) is 0.355. The minimum absolute atomic E-state index is 0.0702. The number of amides is 2. The largest absolute Gasteiger partial charge is 0.378 e. The maximum Gasteiger partial charge on any atom is 0.254 e. The number of hydrogen-bond acceptors (Lipinski definition) is 6. The number of carbonyl (C=O) groups is 2. The second-order valence-electron chi connectivity index (χ2n) is 10.4. The summed E-state index contributed by atoms with van der Waals surface area (Å²) in [5.74, 6) is -0.372. The first-order chi connectivity index (χ1) is 19.8. The maximum atomic E-state index is 13.4. The summed E-state index contributed by atoms with van der Waals surface area (Å²) in [4.78, 5) is 32.0. The number of nitrogens with zero attached hydrogens (tertiary/aromatic N) is 4. The van der Waals surface area contributed by atoms with Gasteiger partial charge >= 0.3 is 0 Å². The quantitative estimate of drug-likeness (QED) is 0.410. The van der Waals surface area contributed by atoms with Crippen LogP contribution in [0.25, 0.3) is 0 Å². The highest BCUT2D eigenvalue weighted by Gasteiger charge is 2.30. The van der Waals surface area contributed by atoms with E-state index in [1.807, 2.05) is 36.4 Å². The second-order valence-corrected chi connectivity index (χ2v) is 12.3. The Morgan fingerprint density at radius 3 is 1.80 bits per heavy atom. The standard InChI is InChI=1S/C31H36N4O5S/c1-41(38,39)35(28-14-12-27(13-15-28)31(37)34-20-22-40-23-21-34)24-29(36)32-16-18-33(19-17-32)30(25-8-4-2-5-9-25)26-10-6-3-7-11-26/h2-15,30H,16-24H2,1H3. The van der Waals surface area contributed by atoms with Gasteiger partial charge in [0.2, 0.25) is 15.9 Å². The zero-order valence-corrected chi connectivity index (χ0v) is 24.1. The van der Waals surface area contributed by atoms with Crippen molar-refractivity contribution in [2.45, 2.75) is 6.04 Å². The van der Waals surface area contributed by atoms with Crippen LogP contribution >= 0.6 is 0 Å². The molecule has 2 aliphatic heterocycles. The van der Waals surface area contributed by atoms with Crippen LogP contribution in [0.3, 0.4) is 0 Å². The van der Waals surface area contributed by atoms with Crippen molar-refractivity contribution in [1.29, 1.82) is 0 Å². The highest BCUT2D eigenvalue weighted by atomic mass is 32.2. The van der Waals surface area contributed by atoms with Crippen LogP contribution in [-0.4, -0.2) is 100 Å². The molecule has 41 heavy (non-hydrogen) atoms. The van der Waals surface area contributed by atoms with E-state index >= 15 is 0 Å². The molecule has 0 saturated carbocycles. The minimum atomic E-state index is -3.74. The Balaban J connectivity index is 1.25. The van der Waals surface area contributed by atoms with E-state index in [-0.39, 0.29) is 24.4 Å². The van der Waals surface area contributed by atoms with Gasteiger partial charge in [-0.25, -0.2) is 8.42 Å². The predicted molar refractivity (Wildman–Crippen MR) is 158 cm³/mol. The molecule has 3 aromatic rings. The monoisotopic (exact) mass is 576 g/mol. The molecule has 0 N–H and O–H groups in total. The number of piperazine rings is 1. The summed E-state index contributed by atoms with van der Waals surface area (Å²) in [7, 11) is -3.74. The van der Waals surface area contributed by atoms with Crippen LogP contribution in [0.5, 0.6) is 0 Å². The second kappa shape index (κ2) is 12.8. The van der Waals surface area contributed by atoms with Crippen LogP contribution in [0, 0.1) is 0 Å². The van der Waals surface area contributed by atoms with Gasteiger partial charge in [-0.3, -0.25) is 18.8 Å². The van der Waals surface area contributed by atoms with Gasteiger partial charge in [0, 0.05) is 44.8 Å². The van der Waals surface area contributed by atoms with Crippen molar-refractivity contribution in [2.75, 3.05) is 69.6 Å². The number of hydrogen-bond donors (Lipinski definition) is 0. The number of carbonyl (C=O) groups excluding carboxylic acids is 2. The van der Waals surface area contributed by atoms with Crippen molar-refractivity contribution >= 4 is 27.5 Å². The highest BCUT2D eigenvalue weighted by Crippen LogP contribution is 2.29. The summed E-state index contributed by atoms with van der Waals surface area (Å²) in [5.41, 5.74) is 3.21. The molecule has 0 unspecified atom stereocenters. The molecule has 0 radical (unpaired) electrons. The molecule has 5 rings (SSSR count). The number of anilines is 1. The third-order valence-electron chi connectivity index (χ3n) is 7.64. The molecule has 0 spiro atoms. The lowest BCUT2D eigenvalue weighted by Gasteiger charge is -2.40. The molecular weight excluding hydrogens is 540 g/mol. The van der Waals surface area contributed by atoms with Gasteiger partial charge in [0.1, 0.15) is 6.54 Å². The lowest BCUT2D eigenvalue weighted by molar-refractivity contribution is -0.131. The van der Waals surface area contributed by atoms with Gasteiger partial charge in [0.25, 0.3) is 5.91 Å². The van der Waals surface area contributed by atoms with Crippen molar-refractivity contribution in [3.8, 4) is 0 Å². The van der Waals surface area contributed by atoms with E-state index in [0.29, 0.717) is 63.7 Å². The van der Waals surface area contributed by atoms with Gasteiger partial charge in [-0.2, -0.15) is 0 Å². The molecule has 0 aliphatic carbocycles. The minimum Gasteiger partial charge on any atom is -0.378 e. The van der Waals surface area contributed by atoms with Crippen LogP contribution in [0.4, 0.5) is 5.69 Å². The van der Waals surface area contributed by atoms with Crippen molar-refractivity contribution < 1.29 is 22.7 Å². The van der Waals surface area contributed by atoms with Gasteiger partial charge < -0.3 is 14.5 Å². The predicted octanol–water partition coefficient (Wildman–Crippen LogP) is 2.86. The summed E-state index contributed by atoms with van der Waals surface area (Å²) in [6.07, 6.45) is 1.09. The summed E-state index contributed by atoms with van der Waals surface area (Å²) >= 11 is 0. The zero-order valence-electron chi connectivity index (χ0n) is 23.3. The van der Waals surface area contributed by atoms with Gasteiger partial charge in [-0.05, 0) is 35.4 Å². The van der Waals surface area contributed by atoms with Gasteiger partial charge in [-0.1, -0.05) is 60.7 Å². The number of rotatable bonds is 8. The summed E-state index contributed by atoms with van der Waals surface area (Å²) in [6.45, 7) is 4.08. The van der Waals surface area contributed by atoms with Crippen molar-refractivity contribution in [3.63, 3.8) is 0 Å². The van der Waals surface area contributed by atoms with E-state index in [4.69, 9.17) is 4.74 Å². The van der Waals surface area contributed by atoms with Gasteiger partial charge in [0.05, 0.1) is 31.2 Å². The average Bonchev–Trinajstić information content (AvgIpc) is 3.01. The number of morpholine rings is 1. The molecule has 2 amide bonds. The van der Waals surface area contributed by atoms with Crippen molar-refractivity contribution in [2.24, 2.45) is 0 Å². The molecule has 216 valence electrons. The van der Waals surface area contributed by atoms with Crippen LogP contribution < -0.4 is 4.31 Å². The Hall–Kier alpha value is -3.73. The van der Waals surface area contributed by atoms with Crippen molar-refractivity contribution in [1.82, 2.24) is 14.7 Å². The van der Waals surface area contributed by atoms with E-state index in [9.17, 15) is 18.0 Å². The SMILES string of the molecule is CS(=O)(=O)N(CC(=O)N1CCN(C(c2ccccc2)c2ccccc2)CC1)c1ccc(C(=O)N2CCOCC2)cc1. The molecular formula is C31H36N4O5S. The Morgan fingerprint density at radius 2 is 1.29 bits per heavy atom. The molecule has 0 bridgehead atoms. The molecule has 2 fully saturated rings. The van der Waals surface area contributed by atoms with E-state index in [1.54, 1.807) is 34.1 Å². The smallest absolute Gasteiger partial charge is 0.254 e. The van der Waals surface area contributed by atoms with Gasteiger partial charge in [-0.15, -0.1) is 0 Å². The fourth-order valence-corrected chi connectivity index (χ4v) is 6.31. The normalized spacial score (nSPS) is 16.5. The van der Waals surface area contributed by atoms with E-state index in [0.717, 1.165) is 10.6 Å². The van der Waals surface area contributed by atoms with Gasteiger partial charge in [0.15, 0.2) is 0 Å². The molecule has 3 aromatic carbocycles. The third kappa shape index (κ3) is 6.95. The fourth-order valence-electron chi connectivity index (χ4n) is 5.46. The Labute approximate surface area is 242 Å². The Morgan fingerprint density at radius 1 is 0.756 bits per heavy atom. The summed E-state index contributed by atoms with van der Waals surface area (Å²) in [6, 6.07) is 27.1. The van der Waals surface area contributed by atoms with Crippen LogP contribution in [0.15, 0.2) is 84.9 Å². The van der Waals surface area contributed by atoms with E-state index < -0.39 is 10.0 Å². The number of ether oxygens (including phenoxy) is 1. The third-order valence-corrected chi connectivity index (χ3v) is 8.78. The van der Waals surface area contributed by atoms with E-state index in [1.165, 1.54) is 11.1 Å². The maximum absolute atomic E-state index is 13.4. The average molecular weight is 577 g/mol. The van der Waals surface area contributed by atoms with Crippen LogP contribution in [-0.2, 0) is 19.6 Å². The first-order valence-electron chi connectivity index (χ1n) is 13.9. The van der Waals surface area contributed by atoms with Crippen molar-refractivity contribution in [3.05, 3.63) is 102 Å². The molecule has 2 saturated heterocycles. The highest BCUT2D eigenvalue weighted by molar-refractivity contribution is 7.92. The topological polar surface area (TPSA) is 90.5 Å². The van der Waals surface area contributed by atoms with E-state index in [2.05, 4.69) is 29.2 Å². The van der Waals surface area contributed by atoms with Crippen LogP contribution in [0.1, 0.15) is 27.5 Å². The lowest BCUT2D eigenvalue weighted by atomic mass is 9.96. The first kappa shape index (κ1) is 28.8. The summed E-state index contributed by atoms with van der Waals surface area (Å²) < 4.78 is 31.9. The summed E-state index contributed by atoms with van der Waals surface area (Å²) in [5, 5.41) is 0. The Bertz CT molecular complexity index is 1380. The number of sulfonamides is 1. The number of benzene rings is 3. The molecule has 2 aliphatic rings. The molecule has 9 nitrogen and oxygen atoms in total. The first-order valence-corrected chi connectivity index (χ1v) is 15.7. The molecule has 0 aromatic heterocycles. The molecule has 10 heteroatoms. The zero-order chi connectivity index (χ0) is 28.8. The lowest BCUT2D eigenvalue weighted by Crippen LogP contribution is -2.52. The Kier molecular flexibility index (Phi) is 9.02.